The van der Waals surface area contributed by atoms with Crippen molar-refractivity contribution < 1.29 is 19.1 Å². The summed E-state index contributed by atoms with van der Waals surface area (Å²) >= 11 is 11.8. The molecule has 1 N–H and O–H groups in total. The largest absolute Gasteiger partial charge is 0.493 e. The van der Waals surface area contributed by atoms with Crippen molar-refractivity contribution in [3.8, 4) is 11.5 Å². The number of hydrazone groups is 1. The Labute approximate surface area is 195 Å². The third kappa shape index (κ3) is 6.44. The smallest absolute Gasteiger partial charge is 0.336 e. The normalized spacial score (nSPS) is 11.0. The summed E-state index contributed by atoms with van der Waals surface area (Å²) < 4.78 is 10.6. The third-order valence-electron chi connectivity index (χ3n) is 4.17. The first-order valence-corrected chi connectivity index (χ1v) is 10.1. The maximum Gasteiger partial charge on any atom is 0.336 e. The van der Waals surface area contributed by atoms with Gasteiger partial charge < -0.3 is 9.47 Å². The SMILES string of the molecule is COc1cc(C=NNC(=O)c2ccc(Cl)cc2Cl)ccc1OC(=O)C=Cc1ccccc1. The van der Waals surface area contributed by atoms with E-state index < -0.39 is 11.9 Å². The molecule has 32 heavy (non-hydrogen) atoms. The van der Waals surface area contributed by atoms with Crippen LogP contribution in [0.25, 0.3) is 6.08 Å². The number of ether oxygens (including phenoxy) is 2. The van der Waals surface area contributed by atoms with Gasteiger partial charge in [0.25, 0.3) is 5.91 Å². The van der Waals surface area contributed by atoms with Gasteiger partial charge in [-0.15, -0.1) is 0 Å². The second-order valence-electron chi connectivity index (χ2n) is 6.40. The summed E-state index contributed by atoms with van der Waals surface area (Å²) in [7, 11) is 1.46. The molecule has 0 heterocycles. The molecular formula is C24H18Cl2N2O4. The first kappa shape index (κ1) is 23.1. The lowest BCUT2D eigenvalue weighted by atomic mass is 10.2. The zero-order chi connectivity index (χ0) is 22.9. The first-order chi connectivity index (χ1) is 15.5. The molecule has 0 saturated heterocycles. The quantitative estimate of drug-likeness (QED) is 0.166. The Morgan fingerprint density at radius 1 is 0.938 bits per heavy atom. The zero-order valence-corrected chi connectivity index (χ0v) is 18.4. The molecule has 0 radical (unpaired) electrons. The maximum atomic E-state index is 12.2. The van der Waals surface area contributed by atoms with Gasteiger partial charge in [-0.2, -0.15) is 5.10 Å². The lowest BCUT2D eigenvalue weighted by Gasteiger charge is -2.08. The van der Waals surface area contributed by atoms with Gasteiger partial charge in [0, 0.05) is 11.1 Å². The van der Waals surface area contributed by atoms with E-state index in [1.54, 1.807) is 30.3 Å². The molecule has 1 amide bonds. The van der Waals surface area contributed by atoms with Gasteiger partial charge in [0.05, 0.1) is 23.9 Å². The van der Waals surface area contributed by atoms with Gasteiger partial charge in [-0.25, -0.2) is 10.2 Å². The predicted molar refractivity (Wildman–Crippen MR) is 126 cm³/mol. The Bertz CT molecular complexity index is 1180. The molecule has 0 fully saturated rings. The van der Waals surface area contributed by atoms with E-state index in [4.69, 9.17) is 32.7 Å². The van der Waals surface area contributed by atoms with Crippen LogP contribution in [0.2, 0.25) is 10.0 Å². The molecule has 162 valence electrons. The predicted octanol–water partition coefficient (Wildman–Crippen LogP) is 5.38. The van der Waals surface area contributed by atoms with Crippen molar-refractivity contribution in [1.82, 2.24) is 5.43 Å². The molecule has 0 saturated carbocycles. The zero-order valence-electron chi connectivity index (χ0n) is 16.9. The lowest BCUT2D eigenvalue weighted by molar-refractivity contribution is -0.129. The molecule has 0 spiro atoms. The molecular weight excluding hydrogens is 451 g/mol. The summed E-state index contributed by atoms with van der Waals surface area (Å²) in [6, 6.07) is 18.8. The van der Waals surface area contributed by atoms with Crippen molar-refractivity contribution in [2.75, 3.05) is 7.11 Å². The van der Waals surface area contributed by atoms with Crippen LogP contribution in [0.5, 0.6) is 11.5 Å². The number of methoxy groups -OCH3 is 1. The molecule has 8 heteroatoms. The average Bonchev–Trinajstić information content (AvgIpc) is 2.79. The van der Waals surface area contributed by atoms with Crippen molar-refractivity contribution in [2.24, 2.45) is 5.10 Å². The molecule has 0 unspecified atom stereocenters. The maximum absolute atomic E-state index is 12.2. The van der Waals surface area contributed by atoms with Crippen molar-refractivity contribution in [3.63, 3.8) is 0 Å². The molecule has 0 aliphatic heterocycles. The molecule has 6 nitrogen and oxygen atoms in total. The molecule has 0 bridgehead atoms. The summed E-state index contributed by atoms with van der Waals surface area (Å²) in [6.07, 6.45) is 4.41. The van der Waals surface area contributed by atoms with Crippen LogP contribution in [0.4, 0.5) is 0 Å². The Kier molecular flexibility index (Phi) is 8.02. The number of hydrogen-bond donors (Lipinski definition) is 1. The molecule has 3 aromatic carbocycles. The van der Waals surface area contributed by atoms with E-state index in [0.29, 0.717) is 16.3 Å². The number of halogens is 2. The summed E-state index contributed by atoms with van der Waals surface area (Å²) in [5.74, 6) is -0.432. The van der Waals surface area contributed by atoms with Crippen LogP contribution in [0, 0.1) is 0 Å². The number of carbonyl (C=O) groups excluding carboxylic acids is 2. The molecule has 0 aliphatic rings. The summed E-state index contributed by atoms with van der Waals surface area (Å²) in [6.45, 7) is 0. The van der Waals surface area contributed by atoms with Crippen LogP contribution in [0.15, 0.2) is 77.9 Å². The number of esters is 1. The van der Waals surface area contributed by atoms with Crippen LogP contribution in [-0.2, 0) is 4.79 Å². The number of benzene rings is 3. The van der Waals surface area contributed by atoms with Crippen LogP contribution in [0.1, 0.15) is 21.5 Å². The van der Waals surface area contributed by atoms with Gasteiger partial charge in [0.15, 0.2) is 11.5 Å². The van der Waals surface area contributed by atoms with E-state index >= 15 is 0 Å². The van der Waals surface area contributed by atoms with Gasteiger partial charge >= 0.3 is 5.97 Å². The third-order valence-corrected chi connectivity index (χ3v) is 4.71. The van der Waals surface area contributed by atoms with Crippen molar-refractivity contribution >= 4 is 47.4 Å². The number of nitrogens with one attached hydrogen (secondary N) is 1. The topological polar surface area (TPSA) is 77.0 Å². The van der Waals surface area contributed by atoms with E-state index in [1.165, 1.54) is 31.5 Å². The second-order valence-corrected chi connectivity index (χ2v) is 7.24. The fourth-order valence-electron chi connectivity index (χ4n) is 2.62. The Morgan fingerprint density at radius 3 is 2.44 bits per heavy atom. The van der Waals surface area contributed by atoms with Crippen molar-refractivity contribution in [1.29, 1.82) is 0 Å². The van der Waals surface area contributed by atoms with Gasteiger partial charge in [-0.05, 0) is 53.6 Å². The highest BCUT2D eigenvalue weighted by atomic mass is 35.5. The monoisotopic (exact) mass is 468 g/mol. The molecule has 3 rings (SSSR count). The van der Waals surface area contributed by atoms with E-state index in [0.717, 1.165) is 5.56 Å². The van der Waals surface area contributed by atoms with Crippen molar-refractivity contribution in [2.45, 2.75) is 0 Å². The summed E-state index contributed by atoms with van der Waals surface area (Å²) in [5, 5.41) is 4.57. The fraction of sp³-hybridized carbons (Fsp3) is 0.0417. The summed E-state index contributed by atoms with van der Waals surface area (Å²) in [5.41, 5.74) is 4.13. The Morgan fingerprint density at radius 2 is 1.72 bits per heavy atom. The van der Waals surface area contributed by atoms with Crippen molar-refractivity contribution in [3.05, 3.63) is 99.5 Å². The Balaban J connectivity index is 1.63. The highest BCUT2D eigenvalue weighted by Crippen LogP contribution is 2.28. The number of hydrogen-bond acceptors (Lipinski definition) is 5. The van der Waals surface area contributed by atoms with E-state index in [9.17, 15) is 9.59 Å². The van der Waals surface area contributed by atoms with E-state index in [-0.39, 0.29) is 16.3 Å². The molecule has 0 atom stereocenters. The van der Waals surface area contributed by atoms with Gasteiger partial charge in [-0.1, -0.05) is 53.5 Å². The minimum absolute atomic E-state index is 0.222. The molecule has 3 aromatic rings. The van der Waals surface area contributed by atoms with Gasteiger partial charge in [0.2, 0.25) is 0 Å². The Hall–Kier alpha value is -3.61. The van der Waals surface area contributed by atoms with Crippen LogP contribution in [-0.4, -0.2) is 25.2 Å². The van der Waals surface area contributed by atoms with Crippen LogP contribution < -0.4 is 14.9 Å². The standard InChI is InChI=1S/C24H18Cl2N2O4/c1-31-22-13-17(15-27-28-24(30)19-10-9-18(25)14-20(19)26)7-11-21(22)32-23(29)12-8-16-5-3-2-4-6-16/h2-15H,1H3,(H,28,30). The van der Waals surface area contributed by atoms with Gasteiger partial charge in [-0.3, -0.25) is 4.79 Å². The van der Waals surface area contributed by atoms with Crippen LogP contribution >= 0.6 is 23.2 Å². The highest BCUT2D eigenvalue weighted by molar-refractivity contribution is 6.36. The second kappa shape index (κ2) is 11.1. The average molecular weight is 469 g/mol. The fourth-order valence-corrected chi connectivity index (χ4v) is 3.11. The van der Waals surface area contributed by atoms with Gasteiger partial charge in [0.1, 0.15) is 0 Å². The number of amides is 1. The number of carbonyl (C=O) groups is 2. The minimum atomic E-state index is -0.541. The number of rotatable bonds is 7. The van der Waals surface area contributed by atoms with E-state index in [1.807, 2.05) is 30.3 Å². The van der Waals surface area contributed by atoms with Crippen LogP contribution in [0.3, 0.4) is 0 Å². The molecule has 0 aromatic heterocycles. The molecule has 0 aliphatic carbocycles. The number of nitrogens with zero attached hydrogens (tertiary/aromatic N) is 1. The summed E-state index contributed by atoms with van der Waals surface area (Å²) in [4.78, 5) is 24.3. The first-order valence-electron chi connectivity index (χ1n) is 9.37. The highest BCUT2D eigenvalue weighted by Gasteiger charge is 2.11. The lowest BCUT2D eigenvalue weighted by Crippen LogP contribution is -2.18. The van der Waals surface area contributed by atoms with E-state index in [2.05, 4.69) is 10.5 Å². The minimum Gasteiger partial charge on any atom is -0.493 e.